The summed E-state index contributed by atoms with van der Waals surface area (Å²) >= 11 is 5.96. The third-order valence-electron chi connectivity index (χ3n) is 4.30. The second-order valence-corrected chi connectivity index (χ2v) is 7.06. The summed E-state index contributed by atoms with van der Waals surface area (Å²) in [5, 5.41) is -0.541. The molecule has 0 fully saturated rings. The van der Waals surface area contributed by atoms with E-state index in [1.54, 1.807) is 30.3 Å². The Morgan fingerprint density at radius 3 is 1.97 bits per heavy atom. The predicted octanol–water partition coefficient (Wildman–Crippen LogP) is 6.87. The largest absolute Gasteiger partial charge is 0.433 e. The zero-order valence-electron chi connectivity index (χ0n) is 16.0. The normalized spacial score (nSPS) is 13.5. The van der Waals surface area contributed by atoms with E-state index in [-0.39, 0.29) is 12.6 Å². The second-order valence-electron chi connectivity index (χ2n) is 6.67. The second kappa shape index (κ2) is 8.73. The molecular weight excluding hydrogens is 489 g/mol. The highest BCUT2D eigenvalue weighted by Crippen LogP contribution is 2.40. The first-order chi connectivity index (χ1) is 15.2. The van der Waals surface area contributed by atoms with Crippen LogP contribution in [0.3, 0.4) is 0 Å². The Morgan fingerprint density at radius 2 is 1.42 bits per heavy atom. The Balaban J connectivity index is 2.30. The Hall–Kier alpha value is -3.02. The van der Waals surface area contributed by atoms with Crippen LogP contribution in [0.5, 0.6) is 0 Å². The molecule has 1 heterocycles. The Kier molecular flexibility index (Phi) is 6.51. The third kappa shape index (κ3) is 5.86. The van der Waals surface area contributed by atoms with Crippen molar-refractivity contribution in [1.82, 2.24) is 9.55 Å². The molecule has 0 bridgehead atoms. The molecule has 0 aliphatic carbocycles. The molecule has 0 unspecified atom stereocenters. The van der Waals surface area contributed by atoms with E-state index in [2.05, 4.69) is 9.98 Å². The first kappa shape index (κ1) is 24.6. The number of benzene rings is 2. The van der Waals surface area contributed by atoms with Crippen LogP contribution in [0.25, 0.3) is 0 Å². The molecule has 0 radical (unpaired) electrons. The molecule has 176 valence electrons. The molecule has 0 spiro atoms. The van der Waals surface area contributed by atoms with E-state index in [1.807, 2.05) is 0 Å². The van der Waals surface area contributed by atoms with Crippen LogP contribution in [0.4, 0.5) is 45.2 Å². The molecule has 0 amide bonds. The van der Waals surface area contributed by atoms with Crippen LogP contribution in [0.1, 0.15) is 22.4 Å². The van der Waals surface area contributed by atoms with Gasteiger partial charge in [-0.25, -0.2) is 9.98 Å². The minimum atomic E-state index is -5.28. The van der Waals surface area contributed by atoms with Crippen molar-refractivity contribution in [3.8, 4) is 0 Å². The topological polar surface area (TPSA) is 30.2 Å². The molecule has 2 aromatic carbocycles. The quantitative estimate of drug-likeness (QED) is 0.286. The number of nitrogens with zero attached hydrogens (tertiary/aromatic N) is 3. The van der Waals surface area contributed by atoms with Gasteiger partial charge in [0.05, 0.1) is 23.4 Å². The summed E-state index contributed by atoms with van der Waals surface area (Å²) in [4.78, 5) is 6.83. The first-order valence-corrected chi connectivity index (χ1v) is 9.26. The van der Waals surface area contributed by atoms with E-state index in [4.69, 9.17) is 11.6 Å². The maximum Gasteiger partial charge on any atom is 0.433 e. The van der Waals surface area contributed by atoms with Crippen LogP contribution in [0.15, 0.2) is 59.6 Å². The van der Waals surface area contributed by atoms with Crippen LogP contribution in [-0.2, 0) is 25.1 Å². The maximum absolute atomic E-state index is 13.5. The number of halogens is 10. The molecule has 0 saturated carbocycles. The van der Waals surface area contributed by atoms with E-state index >= 15 is 0 Å². The highest BCUT2D eigenvalue weighted by molar-refractivity contribution is 6.29. The first-order valence-electron chi connectivity index (χ1n) is 8.88. The average Bonchev–Trinajstić information content (AvgIpc) is 2.69. The van der Waals surface area contributed by atoms with Crippen LogP contribution in [0, 0.1) is 0 Å². The Labute approximate surface area is 184 Å². The summed E-state index contributed by atoms with van der Waals surface area (Å²) in [6.45, 7) is -0.217. The van der Waals surface area contributed by atoms with E-state index in [9.17, 15) is 39.5 Å². The van der Waals surface area contributed by atoms with Gasteiger partial charge in [-0.05, 0) is 23.8 Å². The molecule has 3 nitrogen and oxygen atoms in total. The van der Waals surface area contributed by atoms with Crippen LogP contribution in [0.2, 0.25) is 5.15 Å². The fraction of sp³-hybridized carbons (Fsp3) is 0.200. The molecule has 3 rings (SSSR count). The highest BCUT2D eigenvalue weighted by atomic mass is 35.5. The zero-order chi connectivity index (χ0) is 24.6. The molecular formula is C20H11ClF9N3. The minimum Gasteiger partial charge on any atom is -0.296 e. The van der Waals surface area contributed by atoms with Gasteiger partial charge in [-0.15, -0.1) is 0 Å². The van der Waals surface area contributed by atoms with Crippen molar-refractivity contribution in [1.29, 1.82) is 0 Å². The van der Waals surface area contributed by atoms with Crippen molar-refractivity contribution >= 4 is 17.3 Å². The van der Waals surface area contributed by atoms with Crippen molar-refractivity contribution in [3.63, 3.8) is 0 Å². The Morgan fingerprint density at radius 1 is 0.788 bits per heavy atom. The van der Waals surface area contributed by atoms with Gasteiger partial charge in [-0.1, -0.05) is 41.9 Å². The van der Waals surface area contributed by atoms with E-state index in [1.165, 1.54) is 0 Å². The molecule has 3 aromatic rings. The van der Waals surface area contributed by atoms with Gasteiger partial charge in [0, 0.05) is 6.07 Å². The van der Waals surface area contributed by atoms with E-state index in [0.29, 0.717) is 23.8 Å². The van der Waals surface area contributed by atoms with Gasteiger partial charge in [-0.3, -0.25) is 4.57 Å². The number of rotatable bonds is 3. The van der Waals surface area contributed by atoms with Crippen LogP contribution < -0.4 is 5.62 Å². The van der Waals surface area contributed by atoms with Crippen molar-refractivity contribution in [3.05, 3.63) is 87.8 Å². The maximum atomic E-state index is 13.5. The molecule has 33 heavy (non-hydrogen) atoms. The number of alkyl halides is 9. The zero-order valence-corrected chi connectivity index (χ0v) is 16.8. The predicted molar refractivity (Wildman–Crippen MR) is 99.5 cm³/mol. The molecule has 0 aliphatic heterocycles. The van der Waals surface area contributed by atoms with Crippen LogP contribution >= 0.6 is 11.6 Å². The molecule has 0 atom stereocenters. The SMILES string of the molecule is FC(F)(F)c1ccc(N=c2nc(C(F)(F)F)cc(Cl)n2Cc2ccccc2)c(C(F)(F)F)c1. The monoisotopic (exact) mass is 499 g/mol. The standard InChI is InChI=1S/C20H11ClF9N3/c21-16-9-15(20(28,29)30)32-17(33(16)10-11-4-2-1-3-5-11)31-14-7-6-12(18(22,23)24)8-13(14)19(25,26)27/h1-9H,10H2. The van der Waals surface area contributed by atoms with Gasteiger partial charge < -0.3 is 0 Å². The summed E-state index contributed by atoms with van der Waals surface area (Å²) < 4.78 is 120. The fourth-order valence-corrected chi connectivity index (χ4v) is 3.01. The van der Waals surface area contributed by atoms with Gasteiger partial charge in [-0.2, -0.15) is 39.5 Å². The smallest absolute Gasteiger partial charge is 0.296 e. The summed E-state index contributed by atoms with van der Waals surface area (Å²) in [5.74, 6) is 0. The summed E-state index contributed by atoms with van der Waals surface area (Å²) in [5.41, 5.74) is -6.34. The van der Waals surface area contributed by atoms with Gasteiger partial charge in [0.2, 0.25) is 5.62 Å². The van der Waals surface area contributed by atoms with E-state index in [0.717, 1.165) is 4.57 Å². The summed E-state index contributed by atoms with van der Waals surface area (Å²) in [6, 6.07) is 9.07. The van der Waals surface area contributed by atoms with Crippen molar-refractivity contribution < 1.29 is 39.5 Å². The summed E-state index contributed by atoms with van der Waals surface area (Å²) in [7, 11) is 0. The average molecular weight is 500 g/mol. The molecule has 1 aromatic heterocycles. The molecule has 0 aliphatic rings. The molecule has 0 saturated heterocycles. The fourth-order valence-electron chi connectivity index (χ4n) is 2.77. The summed E-state index contributed by atoms with van der Waals surface area (Å²) in [6.07, 6.45) is -15.4. The van der Waals surface area contributed by atoms with Crippen molar-refractivity contribution in [2.45, 2.75) is 25.1 Å². The lowest BCUT2D eigenvalue weighted by molar-refractivity contribution is -0.143. The van der Waals surface area contributed by atoms with E-state index < -0.39 is 51.8 Å². The van der Waals surface area contributed by atoms with Crippen molar-refractivity contribution in [2.75, 3.05) is 0 Å². The number of aromatic nitrogens is 2. The van der Waals surface area contributed by atoms with Crippen molar-refractivity contribution in [2.24, 2.45) is 4.99 Å². The molecule has 0 N–H and O–H groups in total. The number of hydrogen-bond acceptors (Lipinski definition) is 2. The minimum absolute atomic E-state index is 0.171. The lowest BCUT2D eigenvalue weighted by Crippen LogP contribution is -2.29. The number of hydrogen-bond donors (Lipinski definition) is 0. The highest BCUT2D eigenvalue weighted by Gasteiger charge is 2.38. The van der Waals surface area contributed by atoms with Crippen LogP contribution in [-0.4, -0.2) is 9.55 Å². The van der Waals surface area contributed by atoms with Gasteiger partial charge in [0.15, 0.2) is 5.69 Å². The lowest BCUT2D eigenvalue weighted by Gasteiger charge is -2.15. The lowest BCUT2D eigenvalue weighted by atomic mass is 10.1. The van der Waals surface area contributed by atoms with Gasteiger partial charge in [0.1, 0.15) is 5.15 Å². The Bertz CT molecular complexity index is 1210. The van der Waals surface area contributed by atoms with Gasteiger partial charge in [0.25, 0.3) is 0 Å². The third-order valence-corrected chi connectivity index (χ3v) is 4.61. The van der Waals surface area contributed by atoms with Gasteiger partial charge >= 0.3 is 18.5 Å². The molecule has 13 heteroatoms.